The zero-order chi connectivity index (χ0) is 15.3. The largest absolute Gasteiger partial charge is 0.366 e. The minimum Gasteiger partial charge on any atom is -0.366 e. The molecule has 4 rings (SSSR count). The van der Waals surface area contributed by atoms with Crippen molar-refractivity contribution in [2.24, 2.45) is 4.99 Å². The van der Waals surface area contributed by atoms with E-state index in [1.165, 1.54) is 0 Å². The van der Waals surface area contributed by atoms with Crippen LogP contribution in [0.4, 0.5) is 0 Å². The van der Waals surface area contributed by atoms with E-state index in [0.29, 0.717) is 29.6 Å². The number of rotatable bonds is 2. The molecule has 0 aromatic heterocycles. The third-order valence-corrected chi connectivity index (χ3v) is 4.93. The van der Waals surface area contributed by atoms with Crippen LogP contribution in [0.3, 0.4) is 0 Å². The van der Waals surface area contributed by atoms with Gasteiger partial charge in [-0.05, 0) is 17.7 Å². The predicted octanol–water partition coefficient (Wildman–Crippen LogP) is 3.46. The van der Waals surface area contributed by atoms with E-state index < -0.39 is 5.72 Å². The third kappa shape index (κ3) is 1.97. The van der Waals surface area contributed by atoms with Crippen molar-refractivity contribution in [1.29, 1.82) is 0 Å². The molecule has 0 fully saturated rings. The Kier molecular flexibility index (Phi) is 3.19. The fraction of sp³-hybridized carbons (Fsp3) is 0.235. The molecule has 0 saturated heterocycles. The summed E-state index contributed by atoms with van der Waals surface area (Å²) in [5.41, 5.74) is 1.66. The highest BCUT2D eigenvalue weighted by Gasteiger charge is 2.48. The number of halogens is 2. The van der Waals surface area contributed by atoms with Gasteiger partial charge in [-0.25, -0.2) is 0 Å². The Morgan fingerprint density at radius 3 is 2.82 bits per heavy atom. The molecule has 0 spiro atoms. The van der Waals surface area contributed by atoms with Crippen LogP contribution >= 0.6 is 23.2 Å². The molecule has 0 saturated carbocycles. The van der Waals surface area contributed by atoms with E-state index in [2.05, 4.69) is 4.99 Å². The molecule has 1 N–H and O–H groups in total. The fourth-order valence-electron chi connectivity index (χ4n) is 3.33. The van der Waals surface area contributed by atoms with Crippen molar-refractivity contribution < 1.29 is 5.11 Å². The SMILES string of the molecule is OC1(Cc2ccc(Cl)cc2Cl)c2ccccc2C2=NCCN21. The number of amidine groups is 1. The van der Waals surface area contributed by atoms with Gasteiger partial charge in [0.25, 0.3) is 0 Å². The van der Waals surface area contributed by atoms with Crippen molar-refractivity contribution >= 4 is 29.0 Å². The van der Waals surface area contributed by atoms with Gasteiger partial charge in [-0.3, -0.25) is 4.99 Å². The molecule has 0 bridgehead atoms. The van der Waals surface area contributed by atoms with Gasteiger partial charge in [0.15, 0.2) is 5.72 Å². The van der Waals surface area contributed by atoms with Gasteiger partial charge in [0.2, 0.25) is 0 Å². The summed E-state index contributed by atoms with van der Waals surface area (Å²) in [5.74, 6) is 0.878. The second-order valence-electron chi connectivity index (χ2n) is 5.63. The lowest BCUT2D eigenvalue weighted by atomic mass is 9.94. The van der Waals surface area contributed by atoms with Gasteiger partial charge < -0.3 is 10.0 Å². The highest BCUT2D eigenvalue weighted by molar-refractivity contribution is 6.35. The summed E-state index contributed by atoms with van der Waals surface area (Å²) in [5, 5.41) is 12.6. The molecule has 5 heteroatoms. The lowest BCUT2D eigenvalue weighted by Crippen LogP contribution is -2.44. The number of fused-ring (bicyclic) bond motifs is 3. The molecular formula is C17H14Cl2N2O. The number of hydrogen-bond acceptors (Lipinski definition) is 3. The molecular weight excluding hydrogens is 319 g/mol. The Hall–Kier alpha value is -1.55. The molecule has 2 aromatic carbocycles. The number of hydrogen-bond donors (Lipinski definition) is 1. The number of aliphatic hydroxyl groups is 1. The minimum atomic E-state index is -1.11. The minimum absolute atomic E-state index is 0.402. The van der Waals surface area contributed by atoms with E-state index in [9.17, 15) is 5.11 Å². The van der Waals surface area contributed by atoms with Gasteiger partial charge in [0.05, 0.1) is 6.54 Å². The molecule has 3 nitrogen and oxygen atoms in total. The van der Waals surface area contributed by atoms with E-state index >= 15 is 0 Å². The third-order valence-electron chi connectivity index (χ3n) is 4.34. The Morgan fingerprint density at radius 2 is 2.00 bits per heavy atom. The maximum absolute atomic E-state index is 11.4. The van der Waals surface area contributed by atoms with E-state index in [1.54, 1.807) is 12.1 Å². The first kappa shape index (κ1) is 14.1. The summed E-state index contributed by atoms with van der Waals surface area (Å²) in [7, 11) is 0. The average molecular weight is 333 g/mol. The molecule has 0 amide bonds. The van der Waals surface area contributed by atoms with Crippen LogP contribution in [0.15, 0.2) is 47.5 Å². The maximum Gasteiger partial charge on any atom is 0.170 e. The zero-order valence-electron chi connectivity index (χ0n) is 11.8. The van der Waals surface area contributed by atoms with Crippen molar-refractivity contribution in [2.45, 2.75) is 12.1 Å². The second kappa shape index (κ2) is 4.98. The smallest absolute Gasteiger partial charge is 0.170 e. The van der Waals surface area contributed by atoms with E-state index in [4.69, 9.17) is 23.2 Å². The van der Waals surface area contributed by atoms with Gasteiger partial charge in [-0.1, -0.05) is 53.5 Å². The van der Waals surface area contributed by atoms with Crippen molar-refractivity contribution in [3.8, 4) is 0 Å². The van der Waals surface area contributed by atoms with E-state index in [0.717, 1.165) is 22.5 Å². The first-order chi connectivity index (χ1) is 10.6. The zero-order valence-corrected chi connectivity index (χ0v) is 13.3. The van der Waals surface area contributed by atoms with E-state index in [1.807, 2.05) is 35.2 Å². The number of nitrogens with zero attached hydrogens (tertiary/aromatic N) is 2. The molecule has 1 atom stereocenters. The van der Waals surface area contributed by atoms with Gasteiger partial charge in [-0.2, -0.15) is 0 Å². The van der Waals surface area contributed by atoms with Crippen LogP contribution in [0.5, 0.6) is 0 Å². The molecule has 2 aromatic rings. The lowest BCUT2D eigenvalue weighted by Gasteiger charge is -2.34. The molecule has 1 unspecified atom stereocenters. The van der Waals surface area contributed by atoms with Crippen LogP contribution in [0.2, 0.25) is 10.0 Å². The summed E-state index contributed by atoms with van der Waals surface area (Å²) in [6.07, 6.45) is 0.402. The van der Waals surface area contributed by atoms with Crippen LogP contribution in [-0.2, 0) is 12.1 Å². The Morgan fingerprint density at radius 1 is 1.18 bits per heavy atom. The summed E-state index contributed by atoms with van der Waals surface area (Å²) >= 11 is 12.3. The molecule has 112 valence electrons. The summed E-state index contributed by atoms with van der Waals surface area (Å²) in [4.78, 5) is 6.52. The molecule has 2 aliphatic heterocycles. The first-order valence-corrected chi connectivity index (χ1v) is 7.93. The molecule has 22 heavy (non-hydrogen) atoms. The standard InChI is InChI=1S/C17H14Cl2N2O/c18-12-6-5-11(15(19)9-12)10-17(22)14-4-2-1-3-13(14)16-20-7-8-21(16)17/h1-6,9,22H,7-8,10H2. The van der Waals surface area contributed by atoms with Gasteiger partial charge >= 0.3 is 0 Å². The summed E-state index contributed by atoms with van der Waals surface area (Å²) < 4.78 is 0. The molecule has 0 radical (unpaired) electrons. The van der Waals surface area contributed by atoms with Crippen LogP contribution in [0.25, 0.3) is 0 Å². The second-order valence-corrected chi connectivity index (χ2v) is 6.48. The highest BCUT2D eigenvalue weighted by Crippen LogP contribution is 2.42. The lowest BCUT2D eigenvalue weighted by molar-refractivity contribution is -0.0637. The monoisotopic (exact) mass is 332 g/mol. The van der Waals surface area contributed by atoms with Gasteiger partial charge in [-0.15, -0.1) is 0 Å². The van der Waals surface area contributed by atoms with Crippen LogP contribution in [0.1, 0.15) is 16.7 Å². The van der Waals surface area contributed by atoms with Crippen molar-refractivity contribution in [3.63, 3.8) is 0 Å². The Balaban J connectivity index is 1.81. The molecule has 2 heterocycles. The van der Waals surface area contributed by atoms with Gasteiger partial charge in [0.1, 0.15) is 5.84 Å². The van der Waals surface area contributed by atoms with Crippen LogP contribution < -0.4 is 0 Å². The summed E-state index contributed by atoms with van der Waals surface area (Å²) in [6.45, 7) is 1.42. The Bertz CT molecular complexity index is 790. The molecule has 2 aliphatic rings. The predicted molar refractivity (Wildman–Crippen MR) is 88.6 cm³/mol. The number of benzene rings is 2. The van der Waals surface area contributed by atoms with E-state index in [-0.39, 0.29) is 0 Å². The van der Waals surface area contributed by atoms with Crippen molar-refractivity contribution in [2.75, 3.05) is 13.1 Å². The molecule has 0 aliphatic carbocycles. The van der Waals surface area contributed by atoms with Gasteiger partial charge in [0, 0.05) is 34.1 Å². The first-order valence-electron chi connectivity index (χ1n) is 7.18. The average Bonchev–Trinajstić information content (AvgIpc) is 3.07. The Labute approximate surface area is 138 Å². The normalized spacial score (nSPS) is 22.5. The quantitative estimate of drug-likeness (QED) is 0.914. The van der Waals surface area contributed by atoms with Crippen LogP contribution in [0, 0.1) is 0 Å². The van der Waals surface area contributed by atoms with Crippen LogP contribution in [-0.4, -0.2) is 28.9 Å². The summed E-state index contributed by atoms with van der Waals surface area (Å²) in [6, 6.07) is 13.3. The number of aliphatic imine (C=N–C) groups is 1. The maximum atomic E-state index is 11.4. The highest BCUT2D eigenvalue weighted by atomic mass is 35.5. The van der Waals surface area contributed by atoms with Crippen molar-refractivity contribution in [1.82, 2.24) is 4.90 Å². The van der Waals surface area contributed by atoms with Crippen molar-refractivity contribution in [3.05, 3.63) is 69.2 Å². The fourth-order valence-corrected chi connectivity index (χ4v) is 3.81. The topological polar surface area (TPSA) is 35.8 Å².